The van der Waals surface area contributed by atoms with Crippen molar-refractivity contribution < 1.29 is 19.4 Å². The van der Waals surface area contributed by atoms with Crippen molar-refractivity contribution in [3.63, 3.8) is 0 Å². The highest BCUT2D eigenvalue weighted by molar-refractivity contribution is 6.23. The van der Waals surface area contributed by atoms with E-state index in [1.165, 1.54) is 75.7 Å². The largest absolute Gasteiger partial charge is 0.501 e. The summed E-state index contributed by atoms with van der Waals surface area (Å²) in [5, 5.41) is 9.94. The minimum absolute atomic E-state index is 0.264. The predicted molar refractivity (Wildman–Crippen MR) is 270 cm³/mol. The highest BCUT2D eigenvalue weighted by atomic mass is 16.5. The number of carbonyl (C=O) groups excluding carboxylic acids is 2. The lowest BCUT2D eigenvalue weighted by atomic mass is 9.90. The molecule has 0 aromatic heterocycles. The fourth-order valence-electron chi connectivity index (χ4n) is 7.42. The maximum Gasteiger partial charge on any atom is 0.228 e. The van der Waals surface area contributed by atoms with E-state index in [4.69, 9.17) is 4.74 Å². The van der Waals surface area contributed by atoms with E-state index in [1.807, 2.05) is 6.08 Å². The van der Waals surface area contributed by atoms with E-state index in [-0.39, 0.29) is 11.3 Å². The van der Waals surface area contributed by atoms with Crippen LogP contribution in [0, 0.1) is 0 Å². The molecule has 344 valence electrons. The second-order valence-corrected chi connectivity index (χ2v) is 18.4. The van der Waals surface area contributed by atoms with Gasteiger partial charge in [-0.1, -0.05) is 116 Å². The molecular weight excluding hydrogens is 761 g/mol. The number of ketones is 2. The molecule has 0 aromatic rings. The third-order valence-corrected chi connectivity index (χ3v) is 11.9. The van der Waals surface area contributed by atoms with E-state index >= 15 is 0 Å². The summed E-state index contributed by atoms with van der Waals surface area (Å²) in [5.74, 6) is -1.82. The summed E-state index contributed by atoms with van der Waals surface area (Å²) in [6, 6.07) is 0. The fourth-order valence-corrected chi connectivity index (χ4v) is 7.42. The monoisotopic (exact) mass is 849 g/mol. The molecule has 0 saturated carbocycles. The lowest BCUT2D eigenvalue weighted by Gasteiger charge is -2.17. The second-order valence-electron chi connectivity index (χ2n) is 18.4. The van der Waals surface area contributed by atoms with E-state index < -0.39 is 17.3 Å². The zero-order valence-corrected chi connectivity index (χ0v) is 41.9. The Morgan fingerprint density at radius 3 is 0.887 bits per heavy atom. The summed E-state index contributed by atoms with van der Waals surface area (Å²) in [6.07, 6.45) is 44.0. The van der Waals surface area contributed by atoms with Crippen molar-refractivity contribution in [2.75, 3.05) is 7.11 Å². The first kappa shape index (κ1) is 55.8. The summed E-state index contributed by atoms with van der Waals surface area (Å²) >= 11 is 0. The molecule has 0 heterocycles. The Kier molecular flexibility index (Phi) is 29.3. The number of hydrogen-bond donors (Lipinski definition) is 1. The SMILES string of the molecule is COC1=C(O)C(=O)C(C)=C(C/C=C(/C)CC/C=C(\C)CC/C=C(\C)CC/C=C(\C)CC/C=C(\C)CC/C=C(\C)CC/C=C(\C)CC/C=C(\C)CC/C=C(\C)CCC=C(C)C)C1=O. The van der Waals surface area contributed by atoms with Crippen LogP contribution in [-0.4, -0.2) is 23.8 Å². The minimum Gasteiger partial charge on any atom is -0.501 e. The number of allylic oxidation sites excluding steroid dienone is 22. The van der Waals surface area contributed by atoms with Crippen LogP contribution in [0.4, 0.5) is 0 Å². The van der Waals surface area contributed by atoms with Gasteiger partial charge in [-0.3, -0.25) is 9.59 Å². The second kappa shape index (κ2) is 32.5. The molecule has 1 aliphatic carbocycles. The molecule has 0 amide bonds. The summed E-state index contributed by atoms with van der Waals surface area (Å²) < 4.78 is 4.99. The number of hydrogen-bond acceptors (Lipinski definition) is 4. The van der Waals surface area contributed by atoms with Crippen LogP contribution in [0.25, 0.3) is 0 Å². The van der Waals surface area contributed by atoms with Crippen molar-refractivity contribution in [2.24, 2.45) is 0 Å². The van der Waals surface area contributed by atoms with Gasteiger partial charge in [-0.25, -0.2) is 0 Å². The molecule has 4 heteroatoms. The van der Waals surface area contributed by atoms with Crippen LogP contribution in [0.1, 0.15) is 205 Å². The van der Waals surface area contributed by atoms with Crippen molar-refractivity contribution in [3.05, 3.63) is 139 Å². The van der Waals surface area contributed by atoms with E-state index in [9.17, 15) is 14.7 Å². The molecule has 0 fully saturated rings. The summed E-state index contributed by atoms with van der Waals surface area (Å²) in [6.45, 7) is 26.2. The van der Waals surface area contributed by atoms with Gasteiger partial charge >= 0.3 is 0 Å². The van der Waals surface area contributed by atoms with Crippen molar-refractivity contribution >= 4 is 11.6 Å². The normalized spacial score (nSPS) is 16.0. The molecule has 4 nitrogen and oxygen atoms in total. The average molecular weight is 849 g/mol. The summed E-state index contributed by atoms with van der Waals surface area (Å²) in [5.41, 5.74) is 15.2. The van der Waals surface area contributed by atoms with Gasteiger partial charge in [-0.05, 0) is 205 Å². The number of ether oxygens (including phenoxy) is 1. The number of carbonyl (C=O) groups is 2. The number of aliphatic hydroxyl groups excluding tert-OH is 1. The Morgan fingerprint density at radius 1 is 0.403 bits per heavy atom. The average Bonchev–Trinajstić information content (AvgIpc) is 3.20. The Balaban J connectivity index is 2.29. The third kappa shape index (κ3) is 25.7. The minimum atomic E-state index is -0.600. The van der Waals surface area contributed by atoms with Crippen LogP contribution in [0.3, 0.4) is 0 Å². The quantitative estimate of drug-likeness (QED) is 0.0578. The van der Waals surface area contributed by atoms with Crippen LogP contribution < -0.4 is 0 Å². The Labute approximate surface area is 380 Å². The predicted octanol–water partition coefficient (Wildman–Crippen LogP) is 17.8. The molecule has 0 bridgehead atoms. The lowest BCUT2D eigenvalue weighted by molar-refractivity contribution is -0.120. The van der Waals surface area contributed by atoms with Crippen LogP contribution in [-0.2, 0) is 14.3 Å². The lowest BCUT2D eigenvalue weighted by Crippen LogP contribution is -2.23. The maximum atomic E-state index is 12.7. The van der Waals surface area contributed by atoms with Gasteiger partial charge in [0.1, 0.15) is 0 Å². The van der Waals surface area contributed by atoms with E-state index in [1.54, 1.807) is 6.92 Å². The van der Waals surface area contributed by atoms with Crippen molar-refractivity contribution in [1.29, 1.82) is 0 Å². The zero-order chi connectivity index (χ0) is 46.5. The van der Waals surface area contributed by atoms with Crippen molar-refractivity contribution in [2.45, 2.75) is 205 Å². The zero-order valence-electron chi connectivity index (χ0n) is 41.9. The van der Waals surface area contributed by atoms with Crippen molar-refractivity contribution in [3.8, 4) is 0 Å². The standard InChI is InChI=1S/C58H88O4/c1-43(2)23-14-24-44(3)25-15-26-45(4)27-16-28-46(5)29-17-30-47(6)31-18-32-48(7)33-19-34-49(8)35-20-36-50(9)37-21-38-51(10)39-22-40-52(11)41-42-54-53(12)55(59)57(61)58(62-13)56(54)60/h23,25,27,29,31,33,35,37,39,41,61H,14-22,24,26,28,30,32,34,36,38,40,42H2,1-13H3/b44-25+,45-27+,46-29+,47-31+,48-33+,49-35+,50-37+,51-39+,52-41-. The fraction of sp³-hybridized carbons (Fsp3) is 0.552. The topological polar surface area (TPSA) is 63.6 Å². The molecule has 0 atom stereocenters. The molecule has 0 aliphatic heterocycles. The molecule has 0 spiro atoms. The Morgan fingerprint density at radius 2 is 0.645 bits per heavy atom. The highest BCUT2D eigenvalue weighted by Gasteiger charge is 2.33. The van der Waals surface area contributed by atoms with Gasteiger partial charge in [0.25, 0.3) is 0 Å². The number of methoxy groups -OCH3 is 1. The van der Waals surface area contributed by atoms with E-state index in [0.717, 1.165) is 103 Å². The Hall–Kier alpha value is -4.18. The molecule has 1 rings (SSSR count). The molecule has 1 N–H and O–H groups in total. The smallest absolute Gasteiger partial charge is 0.228 e. The molecular formula is C58H88O4. The molecule has 1 aliphatic rings. The summed E-state index contributed by atoms with van der Waals surface area (Å²) in [7, 11) is 1.29. The van der Waals surface area contributed by atoms with Crippen LogP contribution in [0.15, 0.2) is 139 Å². The van der Waals surface area contributed by atoms with E-state index in [2.05, 4.69) is 131 Å². The first-order chi connectivity index (χ1) is 29.4. The molecule has 0 radical (unpaired) electrons. The van der Waals surface area contributed by atoms with Gasteiger partial charge in [-0.2, -0.15) is 0 Å². The number of Topliss-reactive ketones (excluding diaryl/α,β-unsaturated/α-hetero) is 2. The van der Waals surface area contributed by atoms with Gasteiger partial charge in [0, 0.05) is 11.1 Å². The summed E-state index contributed by atoms with van der Waals surface area (Å²) in [4.78, 5) is 24.9. The van der Waals surface area contributed by atoms with Gasteiger partial charge in [-0.15, -0.1) is 0 Å². The molecule has 0 aromatic carbocycles. The van der Waals surface area contributed by atoms with Crippen LogP contribution in [0.2, 0.25) is 0 Å². The van der Waals surface area contributed by atoms with E-state index in [0.29, 0.717) is 12.0 Å². The van der Waals surface area contributed by atoms with Crippen molar-refractivity contribution in [1.82, 2.24) is 0 Å². The maximum absolute atomic E-state index is 12.7. The van der Waals surface area contributed by atoms with Gasteiger partial charge in [0.05, 0.1) is 7.11 Å². The van der Waals surface area contributed by atoms with Crippen LogP contribution >= 0.6 is 0 Å². The first-order valence-electron chi connectivity index (χ1n) is 23.7. The molecule has 0 unspecified atom stereocenters. The van der Waals surface area contributed by atoms with Gasteiger partial charge < -0.3 is 9.84 Å². The van der Waals surface area contributed by atoms with Gasteiger partial charge in [0.2, 0.25) is 23.1 Å². The molecule has 0 saturated heterocycles. The van der Waals surface area contributed by atoms with Gasteiger partial charge in [0.15, 0.2) is 0 Å². The number of aliphatic hydroxyl groups is 1. The van der Waals surface area contributed by atoms with Crippen LogP contribution in [0.5, 0.6) is 0 Å². The molecule has 62 heavy (non-hydrogen) atoms. The Bertz CT molecular complexity index is 1830. The number of rotatable bonds is 30. The third-order valence-electron chi connectivity index (χ3n) is 11.9. The first-order valence-corrected chi connectivity index (χ1v) is 23.7. The highest BCUT2D eigenvalue weighted by Crippen LogP contribution is 2.27.